The first-order valence-electron chi connectivity index (χ1n) is 5.68. The number of fused-ring (bicyclic) bond motifs is 2. The Labute approximate surface area is 101 Å². The molecular weight excluding hydrogens is 240 g/mol. The Morgan fingerprint density at radius 3 is 0.944 bits per heavy atom. The summed E-state index contributed by atoms with van der Waals surface area (Å²) in [6.45, 7) is 0. The molecule has 3 aliphatic rings. The Bertz CT molecular complexity index is 463. The number of rotatable bonds is 0. The van der Waals surface area contributed by atoms with Crippen molar-refractivity contribution in [3.8, 4) is 0 Å². The minimum Gasteiger partial charge on any atom is -0.290 e. The predicted octanol–water partition coefficient (Wildman–Crippen LogP) is -1.31. The molecule has 3 saturated carbocycles. The van der Waals surface area contributed by atoms with Crippen molar-refractivity contribution in [3.63, 3.8) is 0 Å². The van der Waals surface area contributed by atoms with Crippen molar-refractivity contribution in [2.45, 2.75) is 12.8 Å². The van der Waals surface area contributed by atoms with Gasteiger partial charge in [0.15, 0.2) is 0 Å². The fourth-order valence-corrected chi connectivity index (χ4v) is 3.28. The van der Waals surface area contributed by atoms with E-state index in [0.29, 0.717) is 0 Å². The second-order valence-electron chi connectivity index (χ2n) is 5.01. The van der Waals surface area contributed by atoms with Crippen LogP contribution in [-0.2, 0) is 28.8 Å². The molecule has 0 aromatic heterocycles. The molecule has 0 heterocycles. The van der Waals surface area contributed by atoms with Gasteiger partial charge in [-0.15, -0.1) is 0 Å². The van der Waals surface area contributed by atoms with Crippen LogP contribution >= 0.6 is 0 Å². The third-order valence-electron chi connectivity index (χ3n) is 4.23. The van der Waals surface area contributed by atoms with Gasteiger partial charge in [0.1, 0.15) is 0 Å². The van der Waals surface area contributed by atoms with Gasteiger partial charge in [-0.1, -0.05) is 0 Å². The van der Waals surface area contributed by atoms with E-state index in [4.69, 9.17) is 0 Å². The lowest BCUT2D eigenvalue weighted by molar-refractivity contribution is -0.141. The van der Waals surface area contributed by atoms with E-state index < -0.39 is 58.4 Å². The fraction of sp³-hybridized carbons (Fsp3) is 0.500. The number of carbonyl (C=O) groups is 6. The average molecular weight is 248 g/mol. The van der Waals surface area contributed by atoms with Gasteiger partial charge < -0.3 is 0 Å². The summed E-state index contributed by atoms with van der Waals surface area (Å²) in [6, 6.07) is 0. The second-order valence-corrected chi connectivity index (χ2v) is 5.01. The van der Waals surface area contributed by atoms with Gasteiger partial charge in [-0.2, -0.15) is 0 Å². The minimum atomic E-state index is -1.03. The molecule has 3 aliphatic carbocycles. The highest BCUT2D eigenvalue weighted by atomic mass is 16.2. The SMILES string of the molecule is O=C1C(=O)C2CC3C(=O)C(=O)C(=O)C3CC2C1=O. The molecule has 0 bridgehead atoms. The molecule has 3 rings (SSSR count). The first-order chi connectivity index (χ1) is 8.43. The Morgan fingerprint density at radius 2 is 0.722 bits per heavy atom. The molecule has 92 valence electrons. The zero-order valence-corrected chi connectivity index (χ0v) is 9.17. The van der Waals surface area contributed by atoms with E-state index in [1.165, 1.54) is 0 Å². The van der Waals surface area contributed by atoms with Crippen LogP contribution in [0.3, 0.4) is 0 Å². The van der Waals surface area contributed by atoms with E-state index in [0.717, 1.165) is 0 Å². The van der Waals surface area contributed by atoms with Crippen LogP contribution < -0.4 is 0 Å². The molecular formula is C12H8O6. The van der Waals surface area contributed by atoms with Crippen LogP contribution in [0.25, 0.3) is 0 Å². The summed E-state index contributed by atoms with van der Waals surface area (Å²) in [5.74, 6) is -8.41. The van der Waals surface area contributed by atoms with Gasteiger partial charge in [-0.3, -0.25) is 28.8 Å². The summed E-state index contributed by atoms with van der Waals surface area (Å²) in [4.78, 5) is 68.8. The Morgan fingerprint density at radius 1 is 0.500 bits per heavy atom. The van der Waals surface area contributed by atoms with Crippen molar-refractivity contribution in [1.82, 2.24) is 0 Å². The first kappa shape index (κ1) is 11.1. The molecule has 4 unspecified atom stereocenters. The van der Waals surface area contributed by atoms with E-state index in [2.05, 4.69) is 0 Å². The van der Waals surface area contributed by atoms with Crippen LogP contribution in [0, 0.1) is 23.7 Å². The highest BCUT2D eigenvalue weighted by molar-refractivity contribution is 6.69. The van der Waals surface area contributed by atoms with Crippen molar-refractivity contribution in [2.75, 3.05) is 0 Å². The zero-order valence-electron chi connectivity index (χ0n) is 9.17. The highest BCUT2D eigenvalue weighted by Gasteiger charge is 2.60. The van der Waals surface area contributed by atoms with Gasteiger partial charge >= 0.3 is 0 Å². The molecule has 4 atom stereocenters. The molecule has 0 aromatic carbocycles. The Kier molecular flexibility index (Phi) is 2.03. The Hall–Kier alpha value is -1.98. The van der Waals surface area contributed by atoms with Crippen molar-refractivity contribution in [1.29, 1.82) is 0 Å². The monoisotopic (exact) mass is 248 g/mol. The molecule has 0 aliphatic heterocycles. The minimum absolute atomic E-state index is 0.0258. The smallest absolute Gasteiger partial charge is 0.264 e. The maximum atomic E-state index is 11.6. The van der Waals surface area contributed by atoms with Crippen LogP contribution in [0.1, 0.15) is 12.8 Å². The maximum absolute atomic E-state index is 11.6. The third kappa shape index (κ3) is 1.12. The van der Waals surface area contributed by atoms with Gasteiger partial charge in [0.2, 0.25) is 23.1 Å². The van der Waals surface area contributed by atoms with Crippen LogP contribution in [-0.4, -0.2) is 34.7 Å². The maximum Gasteiger partial charge on any atom is 0.264 e. The van der Waals surface area contributed by atoms with Crippen molar-refractivity contribution in [3.05, 3.63) is 0 Å². The summed E-state index contributed by atoms with van der Waals surface area (Å²) in [5.41, 5.74) is 0. The lowest BCUT2D eigenvalue weighted by Crippen LogP contribution is -2.35. The van der Waals surface area contributed by atoms with Crippen molar-refractivity contribution >= 4 is 34.7 Å². The zero-order chi connectivity index (χ0) is 13.2. The lowest BCUT2D eigenvalue weighted by Gasteiger charge is -2.29. The van der Waals surface area contributed by atoms with Crippen molar-refractivity contribution in [2.24, 2.45) is 23.7 Å². The van der Waals surface area contributed by atoms with Gasteiger partial charge in [-0.25, -0.2) is 0 Å². The van der Waals surface area contributed by atoms with Crippen LogP contribution in [0.15, 0.2) is 0 Å². The number of ketones is 6. The van der Waals surface area contributed by atoms with E-state index in [1.807, 2.05) is 0 Å². The number of Topliss-reactive ketones (excluding diaryl/α,β-unsaturated/α-hetero) is 6. The molecule has 3 fully saturated rings. The summed E-state index contributed by atoms with van der Waals surface area (Å²) >= 11 is 0. The summed E-state index contributed by atoms with van der Waals surface area (Å²) in [7, 11) is 0. The summed E-state index contributed by atoms with van der Waals surface area (Å²) < 4.78 is 0. The average Bonchev–Trinajstić information content (AvgIpc) is 2.71. The standard InChI is InChI=1S/C12H8O6/c13-7-3-1-4-6(10(16)12(18)8(4)14)2-5(3)9(15)11(7)17/h3-6H,1-2H2. The van der Waals surface area contributed by atoms with E-state index in [-0.39, 0.29) is 12.8 Å². The van der Waals surface area contributed by atoms with E-state index >= 15 is 0 Å². The molecule has 0 spiro atoms. The molecule has 6 heteroatoms. The van der Waals surface area contributed by atoms with E-state index in [1.54, 1.807) is 0 Å². The Balaban J connectivity index is 1.99. The molecule has 0 N–H and O–H groups in total. The van der Waals surface area contributed by atoms with Gasteiger partial charge in [0, 0.05) is 23.7 Å². The largest absolute Gasteiger partial charge is 0.290 e. The summed E-state index contributed by atoms with van der Waals surface area (Å²) in [6.07, 6.45) is -0.0517. The second kappa shape index (κ2) is 3.28. The van der Waals surface area contributed by atoms with Crippen LogP contribution in [0.5, 0.6) is 0 Å². The van der Waals surface area contributed by atoms with Crippen LogP contribution in [0.2, 0.25) is 0 Å². The van der Waals surface area contributed by atoms with E-state index in [9.17, 15) is 28.8 Å². The van der Waals surface area contributed by atoms with Gasteiger partial charge in [0.05, 0.1) is 0 Å². The predicted molar refractivity (Wildman–Crippen MR) is 53.2 cm³/mol. The highest BCUT2D eigenvalue weighted by Crippen LogP contribution is 2.45. The lowest BCUT2D eigenvalue weighted by atomic mass is 9.70. The topological polar surface area (TPSA) is 102 Å². The third-order valence-corrected chi connectivity index (χ3v) is 4.23. The molecule has 0 amide bonds. The number of hydrogen-bond acceptors (Lipinski definition) is 6. The molecule has 0 aromatic rings. The fourth-order valence-electron chi connectivity index (χ4n) is 3.28. The molecule has 6 nitrogen and oxygen atoms in total. The number of hydrogen-bond donors (Lipinski definition) is 0. The number of carbonyl (C=O) groups excluding carboxylic acids is 6. The van der Waals surface area contributed by atoms with Crippen LogP contribution in [0.4, 0.5) is 0 Å². The first-order valence-corrected chi connectivity index (χ1v) is 5.68. The molecule has 0 radical (unpaired) electrons. The van der Waals surface area contributed by atoms with Gasteiger partial charge in [0.25, 0.3) is 11.6 Å². The van der Waals surface area contributed by atoms with Crippen molar-refractivity contribution < 1.29 is 28.8 Å². The molecule has 0 saturated heterocycles. The normalized spacial score (nSPS) is 39.3. The van der Waals surface area contributed by atoms with Gasteiger partial charge in [-0.05, 0) is 12.8 Å². The quantitative estimate of drug-likeness (QED) is 0.493. The molecule has 18 heavy (non-hydrogen) atoms. The summed E-state index contributed by atoms with van der Waals surface area (Å²) in [5, 5.41) is 0.